The number of halogens is 1. The number of amides is 1. The number of rotatable bonds is 7. The number of hydrogen-bond donors (Lipinski definition) is 2. The second kappa shape index (κ2) is 9.47. The second-order valence-electron chi connectivity index (χ2n) is 6.23. The fourth-order valence-corrected chi connectivity index (χ4v) is 3.70. The van der Waals surface area contributed by atoms with Gasteiger partial charge in [-0.25, -0.2) is 8.42 Å². The van der Waals surface area contributed by atoms with Gasteiger partial charge in [0.2, 0.25) is 5.91 Å². The van der Waals surface area contributed by atoms with Gasteiger partial charge in [-0.2, -0.15) is 0 Å². The lowest BCUT2D eigenvalue weighted by Crippen LogP contribution is -2.13. The summed E-state index contributed by atoms with van der Waals surface area (Å²) in [6.45, 7) is 0. The number of carbonyl (C=O) groups is 1. The third-order valence-electron chi connectivity index (χ3n) is 4.07. The maximum absolute atomic E-state index is 12.5. The van der Waals surface area contributed by atoms with Crippen molar-refractivity contribution in [1.29, 1.82) is 0 Å². The number of carbonyl (C=O) groups excluding carboxylic acids is 1. The first kappa shape index (κ1) is 21.4. The van der Waals surface area contributed by atoms with Crippen LogP contribution in [-0.4, -0.2) is 21.4 Å². The lowest BCUT2D eigenvalue weighted by molar-refractivity contribution is -0.111. The lowest BCUT2D eigenvalue weighted by Gasteiger charge is -2.09. The Labute approximate surface area is 180 Å². The first-order valence-corrected chi connectivity index (χ1v) is 10.7. The van der Waals surface area contributed by atoms with Crippen LogP contribution >= 0.6 is 11.6 Å². The molecule has 0 atom stereocenters. The number of benzene rings is 3. The molecule has 3 aromatic carbocycles. The molecule has 0 heterocycles. The molecule has 0 fully saturated rings. The van der Waals surface area contributed by atoms with Crippen molar-refractivity contribution >= 4 is 45.0 Å². The van der Waals surface area contributed by atoms with Crippen LogP contribution in [0.3, 0.4) is 0 Å². The van der Waals surface area contributed by atoms with Crippen LogP contribution in [0.4, 0.5) is 11.4 Å². The van der Waals surface area contributed by atoms with Gasteiger partial charge in [0.05, 0.1) is 12.0 Å². The van der Waals surface area contributed by atoms with Gasteiger partial charge in [-0.3, -0.25) is 9.52 Å². The van der Waals surface area contributed by atoms with Crippen molar-refractivity contribution < 1.29 is 17.9 Å². The van der Waals surface area contributed by atoms with E-state index >= 15 is 0 Å². The van der Waals surface area contributed by atoms with Gasteiger partial charge in [0.15, 0.2) is 0 Å². The van der Waals surface area contributed by atoms with Crippen LogP contribution in [0.5, 0.6) is 5.75 Å². The number of sulfonamides is 1. The molecular weight excluding hydrogens is 424 g/mol. The van der Waals surface area contributed by atoms with E-state index < -0.39 is 10.0 Å². The fourth-order valence-electron chi connectivity index (χ4n) is 2.52. The standard InChI is InChI=1S/C22H19ClN2O4S/c1-29-20-11-7-19(8-12-20)25-30(27,28)21-13-9-18(10-14-21)24-22(26)15-4-16-2-5-17(23)6-3-16/h2-15,25H,1H3,(H,24,26)/b15-4+. The first-order chi connectivity index (χ1) is 14.4. The summed E-state index contributed by atoms with van der Waals surface area (Å²) in [4.78, 5) is 12.1. The second-order valence-corrected chi connectivity index (χ2v) is 8.35. The van der Waals surface area contributed by atoms with E-state index in [0.29, 0.717) is 22.1 Å². The normalized spacial score (nSPS) is 11.3. The van der Waals surface area contributed by atoms with Crippen molar-refractivity contribution in [3.05, 3.63) is 89.5 Å². The molecule has 0 bridgehead atoms. The van der Waals surface area contributed by atoms with Crippen molar-refractivity contribution in [2.24, 2.45) is 0 Å². The Balaban J connectivity index is 1.63. The van der Waals surface area contributed by atoms with E-state index in [1.165, 1.54) is 37.5 Å². The van der Waals surface area contributed by atoms with Crippen molar-refractivity contribution in [2.45, 2.75) is 4.90 Å². The molecule has 0 aliphatic heterocycles. The topological polar surface area (TPSA) is 84.5 Å². The van der Waals surface area contributed by atoms with E-state index in [-0.39, 0.29) is 10.8 Å². The molecule has 1 amide bonds. The highest BCUT2D eigenvalue weighted by molar-refractivity contribution is 7.92. The van der Waals surface area contributed by atoms with Crippen LogP contribution in [0.25, 0.3) is 6.08 Å². The summed E-state index contributed by atoms with van der Waals surface area (Å²) in [6, 6.07) is 19.5. The zero-order valence-electron chi connectivity index (χ0n) is 16.0. The first-order valence-electron chi connectivity index (χ1n) is 8.87. The van der Waals surface area contributed by atoms with Crippen molar-refractivity contribution in [3.8, 4) is 5.75 Å². The summed E-state index contributed by atoms with van der Waals surface area (Å²) in [6.07, 6.45) is 3.04. The summed E-state index contributed by atoms with van der Waals surface area (Å²) < 4.78 is 32.6. The Morgan fingerprint density at radius 3 is 2.10 bits per heavy atom. The highest BCUT2D eigenvalue weighted by Crippen LogP contribution is 2.20. The quantitative estimate of drug-likeness (QED) is 0.514. The Kier molecular flexibility index (Phi) is 6.76. The molecule has 0 aliphatic carbocycles. The van der Waals surface area contributed by atoms with Crippen molar-refractivity contribution in [2.75, 3.05) is 17.1 Å². The Hall–Kier alpha value is -3.29. The highest BCUT2D eigenvalue weighted by Gasteiger charge is 2.14. The van der Waals surface area contributed by atoms with Gasteiger partial charge in [-0.05, 0) is 72.3 Å². The molecule has 0 radical (unpaired) electrons. The third kappa shape index (κ3) is 5.85. The molecule has 0 aromatic heterocycles. The van der Waals surface area contributed by atoms with E-state index in [0.717, 1.165) is 5.56 Å². The van der Waals surface area contributed by atoms with Crippen LogP contribution in [0.2, 0.25) is 5.02 Å². The van der Waals surface area contributed by atoms with Crippen molar-refractivity contribution in [3.63, 3.8) is 0 Å². The van der Waals surface area contributed by atoms with Crippen LogP contribution < -0.4 is 14.8 Å². The predicted molar refractivity (Wildman–Crippen MR) is 119 cm³/mol. The van der Waals surface area contributed by atoms with Crippen molar-refractivity contribution in [1.82, 2.24) is 0 Å². The zero-order chi connectivity index (χ0) is 21.6. The number of ether oxygens (including phenoxy) is 1. The van der Waals surface area contributed by atoms with E-state index in [1.807, 2.05) is 0 Å². The van der Waals surface area contributed by atoms with Crippen LogP contribution in [-0.2, 0) is 14.8 Å². The molecule has 0 unspecified atom stereocenters. The molecule has 2 N–H and O–H groups in total. The molecule has 6 nitrogen and oxygen atoms in total. The smallest absolute Gasteiger partial charge is 0.261 e. The average molecular weight is 443 g/mol. The predicted octanol–water partition coefficient (Wildman–Crippen LogP) is 4.80. The van der Waals surface area contributed by atoms with Gasteiger partial charge >= 0.3 is 0 Å². The van der Waals surface area contributed by atoms with E-state index in [4.69, 9.17) is 16.3 Å². The van der Waals surface area contributed by atoms with E-state index in [1.54, 1.807) is 54.6 Å². The minimum absolute atomic E-state index is 0.0769. The average Bonchev–Trinajstić information content (AvgIpc) is 2.74. The van der Waals surface area contributed by atoms with Gasteiger partial charge < -0.3 is 10.1 Å². The number of anilines is 2. The molecule has 3 aromatic rings. The summed E-state index contributed by atoms with van der Waals surface area (Å²) in [7, 11) is -2.22. The van der Waals surface area contributed by atoms with Gasteiger partial charge in [-0.15, -0.1) is 0 Å². The molecule has 8 heteroatoms. The monoisotopic (exact) mass is 442 g/mol. The lowest BCUT2D eigenvalue weighted by atomic mass is 10.2. The summed E-state index contributed by atoms with van der Waals surface area (Å²) in [5.41, 5.74) is 1.73. The molecule has 0 aliphatic rings. The largest absolute Gasteiger partial charge is 0.497 e. The Morgan fingerprint density at radius 2 is 1.50 bits per heavy atom. The number of nitrogens with one attached hydrogen (secondary N) is 2. The zero-order valence-corrected chi connectivity index (χ0v) is 17.6. The van der Waals surface area contributed by atoms with Gasteiger partial charge in [0.1, 0.15) is 5.75 Å². The molecule has 30 heavy (non-hydrogen) atoms. The molecule has 154 valence electrons. The molecular formula is C22H19ClN2O4S. The SMILES string of the molecule is COc1ccc(NS(=O)(=O)c2ccc(NC(=O)/C=C/c3ccc(Cl)cc3)cc2)cc1. The maximum Gasteiger partial charge on any atom is 0.261 e. The summed E-state index contributed by atoms with van der Waals surface area (Å²) >= 11 is 5.83. The minimum Gasteiger partial charge on any atom is -0.497 e. The van der Waals surface area contributed by atoms with Gasteiger partial charge in [-0.1, -0.05) is 23.7 Å². The van der Waals surface area contributed by atoms with Gasteiger partial charge in [0, 0.05) is 22.5 Å². The molecule has 0 spiro atoms. The molecule has 0 saturated heterocycles. The Bertz CT molecular complexity index is 1140. The molecule has 0 saturated carbocycles. The third-order valence-corrected chi connectivity index (χ3v) is 5.72. The minimum atomic E-state index is -3.76. The summed E-state index contributed by atoms with van der Waals surface area (Å²) in [5.74, 6) is 0.292. The van der Waals surface area contributed by atoms with Crippen LogP contribution in [0.1, 0.15) is 5.56 Å². The van der Waals surface area contributed by atoms with Crippen LogP contribution in [0.15, 0.2) is 83.8 Å². The van der Waals surface area contributed by atoms with Gasteiger partial charge in [0.25, 0.3) is 10.0 Å². The summed E-state index contributed by atoms with van der Waals surface area (Å²) in [5, 5.41) is 3.30. The number of hydrogen-bond acceptors (Lipinski definition) is 4. The fraction of sp³-hybridized carbons (Fsp3) is 0.0455. The van der Waals surface area contributed by atoms with Crippen LogP contribution in [0, 0.1) is 0 Å². The molecule has 3 rings (SSSR count). The highest BCUT2D eigenvalue weighted by atomic mass is 35.5. The Morgan fingerprint density at radius 1 is 0.900 bits per heavy atom. The number of methoxy groups -OCH3 is 1. The van der Waals surface area contributed by atoms with E-state index in [9.17, 15) is 13.2 Å². The van der Waals surface area contributed by atoms with E-state index in [2.05, 4.69) is 10.0 Å². The maximum atomic E-state index is 12.5.